The third-order valence-electron chi connectivity index (χ3n) is 2.11. The van der Waals surface area contributed by atoms with Gasteiger partial charge in [-0.15, -0.1) is 0 Å². The molecule has 0 unspecified atom stereocenters. The quantitative estimate of drug-likeness (QED) is 0.632. The fraction of sp³-hybridized carbons (Fsp3) is 0.333. The Bertz CT molecular complexity index is 391. The second-order valence-corrected chi connectivity index (χ2v) is 4.35. The molecule has 0 amide bonds. The van der Waals surface area contributed by atoms with Crippen LogP contribution in [-0.2, 0) is 19.1 Å². The van der Waals surface area contributed by atoms with Gasteiger partial charge in [-0.05, 0) is 5.56 Å². The lowest BCUT2D eigenvalue weighted by Gasteiger charge is -2.20. The van der Waals surface area contributed by atoms with Crippen LogP contribution in [0.25, 0.3) is 0 Å². The molecule has 92 valence electrons. The molecule has 0 aliphatic rings. The standard InChI is InChI=1S/C12H13BrO4/c1-8(14)17-11(12(15)16-2)10(13)9-6-4-3-5-7-9/h3-7,10-11H,1-2H3/t10-,11-/m1/s1. The van der Waals surface area contributed by atoms with Crippen molar-refractivity contribution in [3.8, 4) is 0 Å². The number of rotatable bonds is 4. The van der Waals surface area contributed by atoms with E-state index in [1.165, 1.54) is 14.0 Å². The second kappa shape index (κ2) is 6.39. The molecule has 0 bridgehead atoms. The number of carbonyl (C=O) groups is 2. The van der Waals surface area contributed by atoms with Gasteiger partial charge in [0.15, 0.2) is 0 Å². The molecule has 1 aromatic rings. The first-order chi connectivity index (χ1) is 8.06. The summed E-state index contributed by atoms with van der Waals surface area (Å²) >= 11 is 3.34. The van der Waals surface area contributed by atoms with Gasteiger partial charge in [0.1, 0.15) is 0 Å². The van der Waals surface area contributed by atoms with Gasteiger partial charge >= 0.3 is 11.9 Å². The molecular formula is C12H13BrO4. The Morgan fingerprint density at radius 1 is 1.24 bits per heavy atom. The Hall–Kier alpha value is -1.36. The zero-order valence-corrected chi connectivity index (χ0v) is 11.1. The van der Waals surface area contributed by atoms with Crippen molar-refractivity contribution in [2.75, 3.05) is 7.11 Å². The van der Waals surface area contributed by atoms with E-state index in [1.54, 1.807) is 0 Å². The number of carbonyl (C=O) groups excluding carboxylic acids is 2. The number of ether oxygens (including phenoxy) is 2. The van der Waals surface area contributed by atoms with Gasteiger partial charge in [0.2, 0.25) is 6.10 Å². The van der Waals surface area contributed by atoms with Crippen LogP contribution >= 0.6 is 15.9 Å². The van der Waals surface area contributed by atoms with E-state index in [1.807, 2.05) is 30.3 Å². The average Bonchev–Trinajstić information content (AvgIpc) is 2.35. The van der Waals surface area contributed by atoms with E-state index in [0.717, 1.165) is 5.56 Å². The fourth-order valence-corrected chi connectivity index (χ4v) is 1.96. The molecule has 5 heteroatoms. The summed E-state index contributed by atoms with van der Waals surface area (Å²) in [5, 5.41) is 0. The molecule has 0 aliphatic carbocycles. The summed E-state index contributed by atoms with van der Waals surface area (Å²) in [6, 6.07) is 9.21. The molecule has 1 aromatic carbocycles. The number of esters is 2. The Morgan fingerprint density at radius 3 is 2.29 bits per heavy atom. The highest BCUT2D eigenvalue weighted by Crippen LogP contribution is 2.29. The van der Waals surface area contributed by atoms with E-state index in [4.69, 9.17) is 4.74 Å². The van der Waals surface area contributed by atoms with Crippen molar-refractivity contribution in [2.45, 2.75) is 17.9 Å². The van der Waals surface area contributed by atoms with Gasteiger partial charge in [0.25, 0.3) is 0 Å². The zero-order valence-electron chi connectivity index (χ0n) is 9.55. The second-order valence-electron chi connectivity index (χ2n) is 3.37. The van der Waals surface area contributed by atoms with Crippen molar-refractivity contribution in [1.29, 1.82) is 0 Å². The molecule has 0 radical (unpaired) electrons. The van der Waals surface area contributed by atoms with Gasteiger partial charge in [-0.3, -0.25) is 4.79 Å². The normalized spacial score (nSPS) is 13.6. The van der Waals surface area contributed by atoms with Crippen molar-refractivity contribution >= 4 is 27.9 Å². The molecule has 0 saturated carbocycles. The third kappa shape index (κ3) is 3.85. The van der Waals surface area contributed by atoms with Crippen molar-refractivity contribution in [3.05, 3.63) is 35.9 Å². The van der Waals surface area contributed by atoms with Crippen LogP contribution in [0.3, 0.4) is 0 Å². The maximum Gasteiger partial charge on any atom is 0.348 e. The first-order valence-electron chi connectivity index (χ1n) is 5.00. The van der Waals surface area contributed by atoms with Crippen LogP contribution in [0.15, 0.2) is 30.3 Å². The van der Waals surface area contributed by atoms with Crippen molar-refractivity contribution in [3.63, 3.8) is 0 Å². The van der Waals surface area contributed by atoms with E-state index >= 15 is 0 Å². The minimum atomic E-state index is -0.986. The summed E-state index contributed by atoms with van der Waals surface area (Å²) in [5.74, 6) is -1.12. The van der Waals surface area contributed by atoms with Crippen LogP contribution in [0.1, 0.15) is 17.3 Å². The highest BCUT2D eigenvalue weighted by Gasteiger charge is 2.31. The minimum Gasteiger partial charge on any atom is -0.466 e. The molecule has 2 atom stereocenters. The van der Waals surface area contributed by atoms with Gasteiger partial charge in [-0.25, -0.2) is 4.79 Å². The summed E-state index contributed by atoms with van der Waals surface area (Å²) in [5.41, 5.74) is 0.837. The number of methoxy groups -OCH3 is 1. The highest BCUT2D eigenvalue weighted by atomic mass is 79.9. The first kappa shape index (κ1) is 13.7. The van der Waals surface area contributed by atoms with E-state index < -0.39 is 22.9 Å². The molecule has 0 aromatic heterocycles. The van der Waals surface area contributed by atoms with Gasteiger partial charge in [-0.2, -0.15) is 0 Å². The molecular weight excluding hydrogens is 288 g/mol. The third-order valence-corrected chi connectivity index (χ3v) is 3.12. The molecule has 0 N–H and O–H groups in total. The topological polar surface area (TPSA) is 52.6 Å². The lowest BCUT2D eigenvalue weighted by Crippen LogP contribution is -2.31. The highest BCUT2D eigenvalue weighted by molar-refractivity contribution is 9.09. The lowest BCUT2D eigenvalue weighted by atomic mass is 10.1. The Morgan fingerprint density at radius 2 is 1.82 bits per heavy atom. The molecule has 0 heterocycles. The summed E-state index contributed by atoms with van der Waals surface area (Å²) < 4.78 is 9.57. The maximum atomic E-state index is 11.5. The van der Waals surface area contributed by atoms with Crippen LogP contribution < -0.4 is 0 Å². The van der Waals surface area contributed by atoms with E-state index in [9.17, 15) is 9.59 Å². The van der Waals surface area contributed by atoms with Crippen LogP contribution in [-0.4, -0.2) is 25.2 Å². The molecule has 0 saturated heterocycles. The molecule has 0 fully saturated rings. The van der Waals surface area contributed by atoms with E-state index in [-0.39, 0.29) is 0 Å². The molecule has 0 spiro atoms. The van der Waals surface area contributed by atoms with E-state index in [2.05, 4.69) is 20.7 Å². The molecule has 1 rings (SSSR count). The van der Waals surface area contributed by atoms with Gasteiger partial charge in [0.05, 0.1) is 11.9 Å². The fourth-order valence-electron chi connectivity index (χ4n) is 1.33. The summed E-state index contributed by atoms with van der Waals surface area (Å²) in [4.78, 5) is 22.1. The van der Waals surface area contributed by atoms with Crippen LogP contribution in [0, 0.1) is 0 Å². The smallest absolute Gasteiger partial charge is 0.348 e. The monoisotopic (exact) mass is 300 g/mol. The Balaban J connectivity index is 2.90. The zero-order chi connectivity index (χ0) is 12.8. The SMILES string of the molecule is COC(=O)[C@H](OC(C)=O)[C@H](Br)c1ccccc1. The van der Waals surface area contributed by atoms with Crippen molar-refractivity contribution in [1.82, 2.24) is 0 Å². The van der Waals surface area contributed by atoms with Crippen LogP contribution in [0.2, 0.25) is 0 Å². The average molecular weight is 301 g/mol. The van der Waals surface area contributed by atoms with Crippen LogP contribution in [0.4, 0.5) is 0 Å². The van der Waals surface area contributed by atoms with Gasteiger partial charge < -0.3 is 9.47 Å². The molecule has 0 aliphatic heterocycles. The predicted molar refractivity (Wildman–Crippen MR) is 65.7 cm³/mol. The number of alkyl halides is 1. The van der Waals surface area contributed by atoms with Crippen molar-refractivity contribution < 1.29 is 19.1 Å². The number of halogens is 1. The number of hydrogen-bond acceptors (Lipinski definition) is 4. The van der Waals surface area contributed by atoms with Gasteiger partial charge in [0, 0.05) is 6.92 Å². The summed E-state index contributed by atoms with van der Waals surface area (Å²) in [6.45, 7) is 1.25. The van der Waals surface area contributed by atoms with Crippen LogP contribution in [0.5, 0.6) is 0 Å². The maximum absolute atomic E-state index is 11.5. The largest absolute Gasteiger partial charge is 0.466 e. The number of benzene rings is 1. The van der Waals surface area contributed by atoms with Gasteiger partial charge in [-0.1, -0.05) is 46.3 Å². The Labute approximate surface area is 108 Å². The Kier molecular flexibility index (Phi) is 5.15. The first-order valence-corrected chi connectivity index (χ1v) is 5.92. The summed E-state index contributed by atoms with van der Waals surface area (Å²) in [7, 11) is 1.25. The van der Waals surface area contributed by atoms with E-state index in [0.29, 0.717) is 0 Å². The predicted octanol–water partition coefficient (Wildman–Crippen LogP) is 2.23. The molecule has 4 nitrogen and oxygen atoms in total. The molecule has 17 heavy (non-hydrogen) atoms. The van der Waals surface area contributed by atoms with Crippen molar-refractivity contribution in [2.24, 2.45) is 0 Å². The lowest BCUT2D eigenvalue weighted by molar-refractivity contribution is -0.164. The number of hydrogen-bond donors (Lipinski definition) is 0. The summed E-state index contributed by atoms with van der Waals surface area (Å²) in [6.07, 6.45) is -0.986. The minimum absolute atomic E-state index is 0.431.